The summed E-state index contributed by atoms with van der Waals surface area (Å²) in [5, 5.41) is 12.2. The van der Waals surface area contributed by atoms with Crippen LogP contribution in [0.15, 0.2) is 72.8 Å². The van der Waals surface area contributed by atoms with Crippen molar-refractivity contribution in [2.24, 2.45) is 0 Å². The lowest BCUT2D eigenvalue weighted by Crippen LogP contribution is -2.45. The van der Waals surface area contributed by atoms with E-state index >= 15 is 0 Å². The van der Waals surface area contributed by atoms with Gasteiger partial charge in [-0.2, -0.15) is 5.26 Å². The monoisotopic (exact) mass is 483 g/mol. The van der Waals surface area contributed by atoms with Gasteiger partial charge in [-0.25, -0.2) is 14.6 Å². The number of rotatable bonds is 8. The topological polar surface area (TPSA) is 120 Å². The molecule has 1 heterocycles. The van der Waals surface area contributed by atoms with E-state index < -0.39 is 18.1 Å². The molecule has 1 aromatic heterocycles. The number of para-hydroxylation sites is 1. The predicted molar refractivity (Wildman–Crippen MR) is 136 cm³/mol. The number of fused-ring (bicyclic) bond motifs is 1. The van der Waals surface area contributed by atoms with Gasteiger partial charge in [0.1, 0.15) is 17.6 Å². The molecule has 0 bridgehead atoms. The van der Waals surface area contributed by atoms with Crippen LogP contribution in [0, 0.1) is 11.3 Å². The zero-order valence-corrected chi connectivity index (χ0v) is 19.9. The highest BCUT2D eigenvalue weighted by Crippen LogP contribution is 2.23. The number of aromatic nitrogens is 2. The van der Waals surface area contributed by atoms with Crippen LogP contribution in [0.2, 0.25) is 0 Å². The SMILES string of the molecule is CCOC(=O)C(C)N(C(=O)Oc1ccc2nc(CNc3ccc(C#N)cc3)[nH]c2c1)c1ccccc1. The van der Waals surface area contributed by atoms with Crippen molar-refractivity contribution < 1.29 is 19.1 Å². The van der Waals surface area contributed by atoms with E-state index in [2.05, 4.69) is 21.4 Å². The number of nitriles is 1. The molecule has 2 N–H and O–H groups in total. The molecule has 0 fully saturated rings. The predicted octanol–water partition coefficient (Wildman–Crippen LogP) is 5.00. The minimum Gasteiger partial charge on any atom is -0.464 e. The van der Waals surface area contributed by atoms with E-state index in [1.807, 2.05) is 18.2 Å². The maximum atomic E-state index is 13.1. The Morgan fingerprint density at radius 1 is 1.11 bits per heavy atom. The third-order valence-corrected chi connectivity index (χ3v) is 5.43. The first kappa shape index (κ1) is 24.3. The van der Waals surface area contributed by atoms with E-state index in [0.717, 1.165) is 5.69 Å². The van der Waals surface area contributed by atoms with Crippen LogP contribution < -0.4 is 15.0 Å². The van der Waals surface area contributed by atoms with Gasteiger partial charge < -0.3 is 19.8 Å². The Kier molecular flexibility index (Phi) is 7.46. The molecular weight excluding hydrogens is 458 g/mol. The van der Waals surface area contributed by atoms with Gasteiger partial charge in [0.2, 0.25) is 0 Å². The fourth-order valence-electron chi connectivity index (χ4n) is 3.63. The largest absolute Gasteiger partial charge is 0.464 e. The molecule has 0 spiro atoms. The summed E-state index contributed by atoms with van der Waals surface area (Å²) in [7, 11) is 0. The van der Waals surface area contributed by atoms with E-state index in [0.29, 0.717) is 40.4 Å². The number of H-pyrrole nitrogens is 1. The summed E-state index contributed by atoms with van der Waals surface area (Å²) in [4.78, 5) is 34.6. The van der Waals surface area contributed by atoms with Crippen molar-refractivity contribution in [3.63, 3.8) is 0 Å². The average molecular weight is 484 g/mol. The van der Waals surface area contributed by atoms with Crippen LogP contribution in [0.25, 0.3) is 11.0 Å². The van der Waals surface area contributed by atoms with Crippen molar-refractivity contribution in [3.8, 4) is 11.8 Å². The first-order chi connectivity index (χ1) is 17.5. The van der Waals surface area contributed by atoms with Gasteiger partial charge in [0.05, 0.1) is 35.8 Å². The second-order valence-corrected chi connectivity index (χ2v) is 7.91. The second kappa shape index (κ2) is 11.1. The summed E-state index contributed by atoms with van der Waals surface area (Å²) in [6.45, 7) is 3.95. The number of benzene rings is 3. The molecule has 182 valence electrons. The standard InChI is InChI=1S/C27H25N5O4/c1-3-35-26(33)18(2)32(21-7-5-4-6-8-21)27(34)36-22-13-14-23-24(15-22)31-25(30-23)17-29-20-11-9-19(16-28)10-12-20/h4-15,18,29H,3,17H2,1-2H3,(H,30,31). The van der Waals surface area contributed by atoms with Gasteiger partial charge in [0.15, 0.2) is 0 Å². The maximum absolute atomic E-state index is 13.1. The van der Waals surface area contributed by atoms with E-state index in [1.54, 1.807) is 68.4 Å². The zero-order chi connectivity index (χ0) is 25.5. The summed E-state index contributed by atoms with van der Waals surface area (Å²) in [5.74, 6) is 0.473. The third-order valence-electron chi connectivity index (χ3n) is 5.43. The normalized spacial score (nSPS) is 11.4. The Morgan fingerprint density at radius 3 is 2.56 bits per heavy atom. The van der Waals surface area contributed by atoms with Gasteiger partial charge in [-0.15, -0.1) is 0 Å². The number of amides is 1. The third kappa shape index (κ3) is 5.62. The molecule has 4 rings (SSSR count). The van der Waals surface area contributed by atoms with Gasteiger partial charge in [-0.3, -0.25) is 4.90 Å². The van der Waals surface area contributed by atoms with Crippen molar-refractivity contribution in [1.82, 2.24) is 9.97 Å². The lowest BCUT2D eigenvalue weighted by atomic mass is 10.2. The summed E-state index contributed by atoms with van der Waals surface area (Å²) in [6, 6.07) is 22.3. The molecule has 0 saturated heterocycles. The molecule has 0 radical (unpaired) electrons. The quantitative estimate of drug-likeness (QED) is 0.338. The Balaban J connectivity index is 1.49. The number of esters is 1. The molecule has 0 saturated carbocycles. The number of imidazole rings is 1. The van der Waals surface area contributed by atoms with E-state index in [-0.39, 0.29) is 6.61 Å². The number of hydrogen-bond donors (Lipinski definition) is 2. The lowest BCUT2D eigenvalue weighted by Gasteiger charge is -2.26. The maximum Gasteiger partial charge on any atom is 0.420 e. The molecule has 36 heavy (non-hydrogen) atoms. The van der Waals surface area contributed by atoms with Gasteiger partial charge >= 0.3 is 12.1 Å². The van der Waals surface area contributed by atoms with Crippen molar-refractivity contribution >= 4 is 34.5 Å². The lowest BCUT2D eigenvalue weighted by molar-refractivity contribution is -0.144. The first-order valence-corrected chi connectivity index (χ1v) is 11.4. The van der Waals surface area contributed by atoms with Crippen LogP contribution in [-0.4, -0.2) is 34.7 Å². The summed E-state index contributed by atoms with van der Waals surface area (Å²) in [5.41, 5.74) is 3.38. The Labute approximate surface area is 208 Å². The smallest absolute Gasteiger partial charge is 0.420 e. The van der Waals surface area contributed by atoms with Crippen LogP contribution in [0.5, 0.6) is 5.75 Å². The molecule has 3 aromatic carbocycles. The number of aromatic amines is 1. The molecule has 0 aliphatic carbocycles. The van der Waals surface area contributed by atoms with Crippen molar-refractivity contribution in [1.29, 1.82) is 5.26 Å². The zero-order valence-electron chi connectivity index (χ0n) is 19.9. The molecule has 1 amide bonds. The Morgan fingerprint density at radius 2 is 1.86 bits per heavy atom. The first-order valence-electron chi connectivity index (χ1n) is 11.4. The highest BCUT2D eigenvalue weighted by Gasteiger charge is 2.30. The van der Waals surface area contributed by atoms with E-state index in [4.69, 9.17) is 14.7 Å². The van der Waals surface area contributed by atoms with Crippen LogP contribution in [0.4, 0.5) is 16.2 Å². The highest BCUT2D eigenvalue weighted by atomic mass is 16.6. The van der Waals surface area contributed by atoms with Gasteiger partial charge in [-0.1, -0.05) is 18.2 Å². The van der Waals surface area contributed by atoms with Crippen LogP contribution >= 0.6 is 0 Å². The second-order valence-electron chi connectivity index (χ2n) is 7.91. The van der Waals surface area contributed by atoms with Gasteiger partial charge in [0.25, 0.3) is 0 Å². The fourth-order valence-corrected chi connectivity index (χ4v) is 3.63. The van der Waals surface area contributed by atoms with Gasteiger partial charge in [-0.05, 0) is 62.4 Å². The molecule has 0 aliphatic rings. The Bertz CT molecular complexity index is 1390. The van der Waals surface area contributed by atoms with E-state index in [9.17, 15) is 9.59 Å². The van der Waals surface area contributed by atoms with Crippen molar-refractivity contribution in [2.45, 2.75) is 26.4 Å². The number of carbonyl (C=O) groups is 2. The molecule has 1 atom stereocenters. The number of nitrogens with one attached hydrogen (secondary N) is 2. The van der Waals surface area contributed by atoms with Crippen LogP contribution in [0.1, 0.15) is 25.2 Å². The van der Waals surface area contributed by atoms with Gasteiger partial charge in [0, 0.05) is 17.4 Å². The summed E-state index contributed by atoms with van der Waals surface area (Å²) >= 11 is 0. The number of anilines is 2. The van der Waals surface area contributed by atoms with Crippen molar-refractivity contribution in [3.05, 3.63) is 84.2 Å². The number of nitrogens with zero attached hydrogens (tertiary/aromatic N) is 3. The fraction of sp³-hybridized carbons (Fsp3) is 0.185. The van der Waals surface area contributed by atoms with Crippen LogP contribution in [-0.2, 0) is 16.1 Å². The number of carbonyl (C=O) groups excluding carboxylic acids is 2. The van der Waals surface area contributed by atoms with E-state index in [1.165, 1.54) is 4.90 Å². The summed E-state index contributed by atoms with van der Waals surface area (Å²) < 4.78 is 10.7. The Hall–Kier alpha value is -4.84. The molecule has 4 aromatic rings. The molecule has 0 aliphatic heterocycles. The minimum atomic E-state index is -0.879. The molecule has 9 heteroatoms. The molecule has 1 unspecified atom stereocenters. The average Bonchev–Trinajstić information content (AvgIpc) is 3.31. The van der Waals surface area contributed by atoms with Crippen molar-refractivity contribution in [2.75, 3.05) is 16.8 Å². The number of hydrogen-bond acceptors (Lipinski definition) is 7. The van der Waals surface area contributed by atoms with Crippen LogP contribution in [0.3, 0.4) is 0 Å². The number of ether oxygens (including phenoxy) is 2. The molecule has 9 nitrogen and oxygen atoms in total. The summed E-state index contributed by atoms with van der Waals surface area (Å²) in [6.07, 6.45) is -0.705. The molecular formula is C27H25N5O4. The minimum absolute atomic E-state index is 0.208. The highest BCUT2D eigenvalue weighted by molar-refractivity contribution is 5.96.